The summed E-state index contributed by atoms with van der Waals surface area (Å²) in [6, 6.07) is 13.4. The smallest absolute Gasteiger partial charge is 0.254 e. The summed E-state index contributed by atoms with van der Waals surface area (Å²) in [4.78, 5) is 28.9. The number of hydrogen-bond donors (Lipinski definition) is 1. The number of rotatable bonds is 8. The summed E-state index contributed by atoms with van der Waals surface area (Å²) in [5.74, 6) is 0.646. The zero-order valence-electron chi connectivity index (χ0n) is 22.1. The Bertz CT molecular complexity index is 1110. The van der Waals surface area contributed by atoms with Gasteiger partial charge in [-0.15, -0.1) is 0 Å². The molecule has 2 aromatic rings. The fraction of sp³-hybridized carbons (Fsp3) is 0.448. The quantitative estimate of drug-likeness (QED) is 0.321. The molecular weight excluding hydrogens is 488 g/mol. The standard InChI is InChI=1S/C29H36N2O7/c1-20(2)27-28(32)30-26-23-12-11-22(37-19-36-16-15-34-3)17-24(23)38-25(26)18-35-14-8-7-13-31(27)29(33)21-9-5-4-6-10-21/h4-12,17,20,25-27H,13-16,18-19H2,1-3H3,(H,30,32)/b8-7+/t25-,26+,27+/m1/s1. The van der Waals surface area contributed by atoms with E-state index in [2.05, 4.69) is 5.32 Å². The van der Waals surface area contributed by atoms with Crippen LogP contribution in [0.25, 0.3) is 0 Å². The van der Waals surface area contributed by atoms with Gasteiger partial charge in [0, 0.05) is 30.8 Å². The fourth-order valence-corrected chi connectivity index (χ4v) is 4.63. The fourth-order valence-electron chi connectivity index (χ4n) is 4.63. The van der Waals surface area contributed by atoms with Gasteiger partial charge in [0.05, 0.1) is 32.5 Å². The minimum Gasteiger partial charge on any atom is -0.485 e. The lowest BCUT2D eigenvalue weighted by atomic mass is 9.97. The lowest BCUT2D eigenvalue weighted by molar-refractivity contribution is -0.128. The van der Waals surface area contributed by atoms with Gasteiger partial charge in [-0.2, -0.15) is 0 Å². The van der Waals surface area contributed by atoms with Crippen LogP contribution >= 0.6 is 0 Å². The Balaban J connectivity index is 1.56. The summed E-state index contributed by atoms with van der Waals surface area (Å²) in [7, 11) is 1.61. The van der Waals surface area contributed by atoms with Crippen molar-refractivity contribution in [1.29, 1.82) is 0 Å². The number of carbonyl (C=O) groups excluding carboxylic acids is 2. The molecule has 0 aliphatic carbocycles. The first-order valence-electron chi connectivity index (χ1n) is 12.9. The highest BCUT2D eigenvalue weighted by atomic mass is 16.7. The monoisotopic (exact) mass is 524 g/mol. The van der Waals surface area contributed by atoms with Crippen LogP contribution in [-0.2, 0) is 19.0 Å². The maximum absolute atomic E-state index is 13.8. The van der Waals surface area contributed by atoms with Gasteiger partial charge < -0.3 is 33.9 Å². The largest absolute Gasteiger partial charge is 0.485 e. The lowest BCUT2D eigenvalue weighted by Crippen LogP contribution is -2.54. The molecule has 0 unspecified atom stereocenters. The first kappa shape index (κ1) is 27.6. The molecule has 0 saturated carbocycles. The molecule has 204 valence electrons. The lowest BCUT2D eigenvalue weighted by Gasteiger charge is -2.34. The molecule has 4 rings (SSSR count). The Hall–Kier alpha value is -3.40. The summed E-state index contributed by atoms with van der Waals surface area (Å²) in [5, 5.41) is 3.17. The van der Waals surface area contributed by atoms with Crippen LogP contribution in [0.4, 0.5) is 0 Å². The zero-order valence-corrected chi connectivity index (χ0v) is 22.1. The predicted octanol–water partition coefficient (Wildman–Crippen LogP) is 3.36. The predicted molar refractivity (Wildman–Crippen MR) is 141 cm³/mol. The second-order valence-corrected chi connectivity index (χ2v) is 9.53. The highest BCUT2D eigenvalue weighted by molar-refractivity contribution is 5.97. The molecule has 2 heterocycles. The van der Waals surface area contributed by atoms with E-state index in [9.17, 15) is 9.59 Å². The average Bonchev–Trinajstić information content (AvgIpc) is 3.24. The van der Waals surface area contributed by atoms with Gasteiger partial charge in [-0.05, 0) is 30.2 Å². The maximum atomic E-state index is 13.8. The van der Waals surface area contributed by atoms with Gasteiger partial charge in [0.15, 0.2) is 6.79 Å². The van der Waals surface area contributed by atoms with Crippen LogP contribution in [0.2, 0.25) is 0 Å². The summed E-state index contributed by atoms with van der Waals surface area (Å²) in [6.45, 7) is 5.85. The molecule has 38 heavy (non-hydrogen) atoms. The minimum absolute atomic E-state index is 0.0858. The van der Waals surface area contributed by atoms with Crippen LogP contribution in [0.15, 0.2) is 60.7 Å². The first-order chi connectivity index (χ1) is 18.5. The van der Waals surface area contributed by atoms with Crippen molar-refractivity contribution in [3.05, 3.63) is 71.8 Å². The molecule has 0 radical (unpaired) electrons. The zero-order chi connectivity index (χ0) is 26.9. The average molecular weight is 525 g/mol. The van der Waals surface area contributed by atoms with E-state index in [4.69, 9.17) is 23.7 Å². The van der Waals surface area contributed by atoms with Crippen molar-refractivity contribution in [3.63, 3.8) is 0 Å². The molecule has 9 nitrogen and oxygen atoms in total. The summed E-state index contributed by atoms with van der Waals surface area (Å²) in [5.41, 5.74) is 1.37. The molecule has 0 bridgehead atoms. The van der Waals surface area contributed by atoms with Crippen molar-refractivity contribution in [2.45, 2.75) is 32.0 Å². The van der Waals surface area contributed by atoms with E-state index >= 15 is 0 Å². The Morgan fingerprint density at radius 2 is 1.95 bits per heavy atom. The number of amides is 2. The van der Waals surface area contributed by atoms with E-state index in [0.29, 0.717) is 50.0 Å². The second kappa shape index (κ2) is 13.4. The minimum atomic E-state index is -0.677. The molecule has 0 fully saturated rings. The van der Waals surface area contributed by atoms with Crippen LogP contribution in [0.3, 0.4) is 0 Å². The molecular formula is C29H36N2O7. The van der Waals surface area contributed by atoms with Gasteiger partial charge in [0.25, 0.3) is 5.91 Å². The Kier molecular flexibility index (Phi) is 9.75. The summed E-state index contributed by atoms with van der Waals surface area (Å²) >= 11 is 0. The highest BCUT2D eigenvalue weighted by Gasteiger charge is 2.40. The van der Waals surface area contributed by atoms with Crippen molar-refractivity contribution < 1.29 is 33.3 Å². The van der Waals surface area contributed by atoms with Gasteiger partial charge in [0.2, 0.25) is 5.91 Å². The second-order valence-electron chi connectivity index (χ2n) is 9.53. The van der Waals surface area contributed by atoms with Crippen molar-refractivity contribution in [2.75, 3.05) is 46.9 Å². The first-order valence-corrected chi connectivity index (χ1v) is 12.9. The molecule has 2 amide bonds. The Morgan fingerprint density at radius 1 is 1.13 bits per heavy atom. The van der Waals surface area contributed by atoms with E-state index in [1.165, 1.54) is 0 Å². The normalized spacial score (nSPS) is 22.4. The number of fused-ring (bicyclic) bond motifs is 3. The highest BCUT2D eigenvalue weighted by Crippen LogP contribution is 2.39. The van der Waals surface area contributed by atoms with Crippen LogP contribution in [0, 0.1) is 5.92 Å². The third-order valence-electron chi connectivity index (χ3n) is 6.49. The number of methoxy groups -OCH3 is 1. The molecule has 0 aromatic heterocycles. The van der Waals surface area contributed by atoms with E-state index in [-0.39, 0.29) is 24.5 Å². The van der Waals surface area contributed by atoms with Crippen molar-refractivity contribution in [2.24, 2.45) is 5.92 Å². The molecule has 0 saturated heterocycles. The van der Waals surface area contributed by atoms with Gasteiger partial charge in [0.1, 0.15) is 23.6 Å². The number of carbonyl (C=O) groups is 2. The van der Waals surface area contributed by atoms with Gasteiger partial charge >= 0.3 is 0 Å². The topological polar surface area (TPSA) is 95.6 Å². The molecule has 2 aromatic carbocycles. The number of nitrogens with zero attached hydrogens (tertiary/aromatic N) is 1. The van der Waals surface area contributed by atoms with E-state index < -0.39 is 18.2 Å². The molecule has 9 heteroatoms. The number of hydrogen-bond acceptors (Lipinski definition) is 7. The van der Waals surface area contributed by atoms with Crippen LogP contribution in [-0.4, -0.2) is 75.7 Å². The van der Waals surface area contributed by atoms with E-state index in [1.54, 1.807) is 30.2 Å². The van der Waals surface area contributed by atoms with Crippen LogP contribution in [0.5, 0.6) is 11.5 Å². The molecule has 2 aliphatic heterocycles. The van der Waals surface area contributed by atoms with Gasteiger partial charge in [-0.3, -0.25) is 9.59 Å². The van der Waals surface area contributed by atoms with Crippen LogP contribution in [0.1, 0.15) is 35.8 Å². The number of ether oxygens (including phenoxy) is 5. The molecule has 0 spiro atoms. The van der Waals surface area contributed by atoms with Crippen molar-refractivity contribution in [3.8, 4) is 11.5 Å². The Morgan fingerprint density at radius 3 is 2.71 bits per heavy atom. The van der Waals surface area contributed by atoms with E-state index in [0.717, 1.165) is 5.56 Å². The van der Waals surface area contributed by atoms with Crippen LogP contribution < -0.4 is 14.8 Å². The van der Waals surface area contributed by atoms with Crippen molar-refractivity contribution >= 4 is 11.8 Å². The summed E-state index contributed by atoms with van der Waals surface area (Å²) < 4.78 is 28.1. The summed E-state index contributed by atoms with van der Waals surface area (Å²) in [6.07, 6.45) is 3.31. The number of benzene rings is 2. The Labute approximate surface area is 223 Å². The maximum Gasteiger partial charge on any atom is 0.254 e. The molecule has 3 atom stereocenters. The van der Waals surface area contributed by atoms with Gasteiger partial charge in [-0.1, -0.05) is 44.2 Å². The SMILES string of the molecule is COCCOCOc1ccc2c(c1)O[C@@H]1COC/C=C/CN(C(=O)c3ccccc3)[C@@H](C(C)C)C(=O)N[C@@H]21. The molecule has 1 N–H and O–H groups in total. The van der Waals surface area contributed by atoms with Gasteiger partial charge in [-0.25, -0.2) is 0 Å². The van der Waals surface area contributed by atoms with E-state index in [1.807, 2.05) is 56.3 Å². The third kappa shape index (κ3) is 6.72. The van der Waals surface area contributed by atoms with Crippen molar-refractivity contribution in [1.82, 2.24) is 10.2 Å². The third-order valence-corrected chi connectivity index (χ3v) is 6.49. The molecule has 2 aliphatic rings. The number of nitrogens with one attached hydrogen (secondary N) is 1.